The molecule has 0 unspecified atom stereocenters. The number of halogens is 1. The summed E-state index contributed by atoms with van der Waals surface area (Å²) >= 11 is 6.18. The van der Waals surface area contributed by atoms with E-state index in [0.717, 1.165) is 45.0 Å². The van der Waals surface area contributed by atoms with Gasteiger partial charge in [0.1, 0.15) is 5.52 Å². The van der Waals surface area contributed by atoms with E-state index in [9.17, 15) is 0 Å². The summed E-state index contributed by atoms with van der Waals surface area (Å²) < 4.78 is 5.92. The van der Waals surface area contributed by atoms with Crippen molar-refractivity contribution in [3.63, 3.8) is 0 Å². The van der Waals surface area contributed by atoms with Crippen LogP contribution in [0.4, 0.5) is 5.69 Å². The molecule has 1 heterocycles. The number of rotatable bonds is 3. The standard InChI is InChI=1S/C17H17ClN2O/c1-4-19-13-7-11(3)16-15(9-13)20-17(21-16)12-6-5-10(2)14(18)8-12/h5-9,19H,4H2,1-3H3. The maximum absolute atomic E-state index is 6.18. The number of nitrogens with zero attached hydrogens (tertiary/aromatic N) is 1. The summed E-state index contributed by atoms with van der Waals surface area (Å²) in [6, 6.07) is 9.93. The summed E-state index contributed by atoms with van der Waals surface area (Å²) in [5.74, 6) is 0.601. The highest BCUT2D eigenvalue weighted by Gasteiger charge is 2.12. The molecule has 0 radical (unpaired) electrons. The molecule has 0 bridgehead atoms. The Morgan fingerprint density at radius 3 is 2.67 bits per heavy atom. The Balaban J connectivity index is 2.11. The molecule has 1 N–H and O–H groups in total. The van der Waals surface area contributed by atoms with Crippen molar-refractivity contribution in [2.24, 2.45) is 0 Å². The number of fused-ring (bicyclic) bond motifs is 1. The molecule has 3 aromatic rings. The van der Waals surface area contributed by atoms with Gasteiger partial charge in [0.25, 0.3) is 0 Å². The number of hydrogen-bond donors (Lipinski definition) is 1. The van der Waals surface area contributed by atoms with Gasteiger partial charge in [-0.1, -0.05) is 17.7 Å². The van der Waals surface area contributed by atoms with Crippen molar-refractivity contribution in [2.75, 3.05) is 11.9 Å². The number of benzene rings is 2. The van der Waals surface area contributed by atoms with Crippen molar-refractivity contribution in [1.82, 2.24) is 4.98 Å². The maximum Gasteiger partial charge on any atom is 0.227 e. The molecule has 0 aliphatic heterocycles. The second kappa shape index (κ2) is 5.41. The minimum Gasteiger partial charge on any atom is -0.436 e. The predicted octanol–water partition coefficient (Wildman–Crippen LogP) is 5.20. The monoisotopic (exact) mass is 300 g/mol. The van der Waals surface area contributed by atoms with Gasteiger partial charge in [-0.2, -0.15) is 0 Å². The van der Waals surface area contributed by atoms with E-state index in [1.807, 2.05) is 38.1 Å². The second-order valence-corrected chi connectivity index (χ2v) is 5.56. The first-order chi connectivity index (χ1) is 10.1. The lowest BCUT2D eigenvalue weighted by Gasteiger charge is -2.03. The summed E-state index contributed by atoms with van der Waals surface area (Å²) in [7, 11) is 0. The molecule has 0 aliphatic rings. The topological polar surface area (TPSA) is 38.1 Å². The minimum atomic E-state index is 0.601. The molecule has 3 nitrogen and oxygen atoms in total. The van der Waals surface area contributed by atoms with E-state index in [2.05, 4.69) is 23.3 Å². The summed E-state index contributed by atoms with van der Waals surface area (Å²) in [5.41, 5.74) is 5.75. The molecule has 108 valence electrons. The van der Waals surface area contributed by atoms with Crippen LogP contribution in [-0.4, -0.2) is 11.5 Å². The van der Waals surface area contributed by atoms with Gasteiger partial charge in [-0.25, -0.2) is 4.98 Å². The molecule has 1 aromatic heterocycles. The SMILES string of the molecule is CCNc1cc(C)c2oc(-c3ccc(C)c(Cl)c3)nc2c1. The van der Waals surface area contributed by atoms with Crippen LogP contribution in [-0.2, 0) is 0 Å². The molecular weight excluding hydrogens is 284 g/mol. The summed E-state index contributed by atoms with van der Waals surface area (Å²) in [5, 5.41) is 4.03. The Kier molecular flexibility index (Phi) is 3.60. The van der Waals surface area contributed by atoms with Crippen LogP contribution in [0.3, 0.4) is 0 Å². The van der Waals surface area contributed by atoms with Crippen molar-refractivity contribution >= 4 is 28.4 Å². The quantitative estimate of drug-likeness (QED) is 0.722. The molecule has 3 rings (SSSR count). The number of oxazole rings is 1. The molecule has 2 aromatic carbocycles. The lowest BCUT2D eigenvalue weighted by atomic mass is 10.1. The summed E-state index contributed by atoms with van der Waals surface area (Å²) in [6.07, 6.45) is 0. The number of hydrogen-bond acceptors (Lipinski definition) is 3. The zero-order valence-corrected chi connectivity index (χ0v) is 13.1. The van der Waals surface area contributed by atoms with Gasteiger partial charge in [-0.15, -0.1) is 0 Å². The lowest BCUT2D eigenvalue weighted by molar-refractivity contribution is 0.617. The fraction of sp³-hybridized carbons (Fsp3) is 0.235. The number of aromatic nitrogens is 1. The van der Waals surface area contributed by atoms with Crippen LogP contribution >= 0.6 is 11.6 Å². The molecule has 0 aliphatic carbocycles. The molecule has 0 spiro atoms. The van der Waals surface area contributed by atoms with Crippen molar-refractivity contribution < 1.29 is 4.42 Å². The summed E-state index contributed by atoms with van der Waals surface area (Å²) in [4.78, 5) is 4.59. The summed E-state index contributed by atoms with van der Waals surface area (Å²) in [6.45, 7) is 6.95. The predicted molar refractivity (Wildman–Crippen MR) is 88.1 cm³/mol. The molecule has 0 saturated carbocycles. The highest BCUT2D eigenvalue weighted by molar-refractivity contribution is 6.31. The van der Waals surface area contributed by atoms with Gasteiger partial charge in [0.15, 0.2) is 5.58 Å². The Hall–Kier alpha value is -2.00. The van der Waals surface area contributed by atoms with Crippen LogP contribution in [0.2, 0.25) is 5.02 Å². The molecule has 0 atom stereocenters. The van der Waals surface area contributed by atoms with Crippen molar-refractivity contribution in [3.8, 4) is 11.5 Å². The lowest BCUT2D eigenvalue weighted by Crippen LogP contribution is -1.96. The molecule has 0 saturated heterocycles. The Morgan fingerprint density at radius 1 is 1.14 bits per heavy atom. The Bertz CT molecular complexity index is 808. The van der Waals surface area contributed by atoms with E-state index in [1.54, 1.807) is 0 Å². The third kappa shape index (κ3) is 2.61. The molecule has 0 amide bonds. The van der Waals surface area contributed by atoms with E-state index in [1.165, 1.54) is 0 Å². The Morgan fingerprint density at radius 2 is 1.95 bits per heavy atom. The maximum atomic E-state index is 6.18. The Labute approximate surface area is 128 Å². The van der Waals surface area contributed by atoms with Gasteiger partial charge in [-0.3, -0.25) is 0 Å². The number of anilines is 1. The van der Waals surface area contributed by atoms with E-state index in [0.29, 0.717) is 5.89 Å². The first-order valence-corrected chi connectivity index (χ1v) is 7.38. The van der Waals surface area contributed by atoms with Crippen LogP contribution in [0.25, 0.3) is 22.6 Å². The molecule has 4 heteroatoms. The average Bonchev–Trinajstić information content (AvgIpc) is 2.87. The zero-order valence-electron chi connectivity index (χ0n) is 12.3. The molecular formula is C17H17ClN2O. The normalized spacial score (nSPS) is 11.0. The fourth-order valence-electron chi connectivity index (χ4n) is 2.36. The third-order valence-corrected chi connectivity index (χ3v) is 3.88. The smallest absolute Gasteiger partial charge is 0.227 e. The third-order valence-electron chi connectivity index (χ3n) is 3.48. The van der Waals surface area contributed by atoms with Gasteiger partial charge in [0, 0.05) is 22.8 Å². The van der Waals surface area contributed by atoms with Crippen molar-refractivity contribution in [2.45, 2.75) is 20.8 Å². The molecule has 21 heavy (non-hydrogen) atoms. The number of nitrogens with one attached hydrogen (secondary N) is 1. The van der Waals surface area contributed by atoms with Crippen molar-refractivity contribution in [1.29, 1.82) is 0 Å². The highest BCUT2D eigenvalue weighted by Crippen LogP contribution is 2.30. The molecule has 0 fully saturated rings. The minimum absolute atomic E-state index is 0.601. The van der Waals surface area contributed by atoms with E-state index < -0.39 is 0 Å². The van der Waals surface area contributed by atoms with Gasteiger partial charge < -0.3 is 9.73 Å². The highest BCUT2D eigenvalue weighted by atomic mass is 35.5. The van der Waals surface area contributed by atoms with Gasteiger partial charge >= 0.3 is 0 Å². The van der Waals surface area contributed by atoms with Crippen LogP contribution in [0, 0.1) is 13.8 Å². The van der Waals surface area contributed by atoms with E-state index >= 15 is 0 Å². The van der Waals surface area contributed by atoms with E-state index in [4.69, 9.17) is 16.0 Å². The van der Waals surface area contributed by atoms with Crippen LogP contribution < -0.4 is 5.32 Å². The fourth-order valence-corrected chi connectivity index (χ4v) is 2.54. The first kappa shape index (κ1) is 14.0. The van der Waals surface area contributed by atoms with Gasteiger partial charge in [0.2, 0.25) is 5.89 Å². The first-order valence-electron chi connectivity index (χ1n) is 7.00. The van der Waals surface area contributed by atoms with Crippen molar-refractivity contribution in [3.05, 3.63) is 46.5 Å². The van der Waals surface area contributed by atoms with Crippen LogP contribution in [0.5, 0.6) is 0 Å². The average molecular weight is 301 g/mol. The van der Waals surface area contributed by atoms with Crippen LogP contribution in [0.15, 0.2) is 34.7 Å². The largest absolute Gasteiger partial charge is 0.436 e. The van der Waals surface area contributed by atoms with E-state index in [-0.39, 0.29) is 0 Å². The van der Waals surface area contributed by atoms with Gasteiger partial charge in [-0.05, 0) is 56.2 Å². The second-order valence-electron chi connectivity index (χ2n) is 5.15. The van der Waals surface area contributed by atoms with Crippen LogP contribution in [0.1, 0.15) is 18.1 Å². The zero-order chi connectivity index (χ0) is 15.0. The number of aryl methyl sites for hydroxylation is 2. The van der Waals surface area contributed by atoms with Gasteiger partial charge in [0.05, 0.1) is 0 Å².